The normalized spacial score (nSPS) is 30.0. The van der Waals surface area contributed by atoms with Crippen LogP contribution in [0.5, 0.6) is 0 Å². The Bertz CT molecular complexity index is 695. The predicted octanol–water partition coefficient (Wildman–Crippen LogP) is 2.47. The molecule has 2 N–H and O–H groups in total. The van der Waals surface area contributed by atoms with Crippen LogP contribution in [-0.4, -0.2) is 52.1 Å². The van der Waals surface area contributed by atoms with Crippen molar-refractivity contribution < 1.29 is 4.74 Å². The van der Waals surface area contributed by atoms with Crippen LogP contribution in [0.15, 0.2) is 4.99 Å². The fraction of sp³-hybridized carbons (Fsp3) is 0.850. The smallest absolute Gasteiger partial charge is 0.191 e. The number of aryl methyl sites for hydroxylation is 1. The van der Waals surface area contributed by atoms with Crippen LogP contribution >= 0.6 is 0 Å². The van der Waals surface area contributed by atoms with Crippen LogP contribution in [0.4, 0.5) is 0 Å². The highest BCUT2D eigenvalue weighted by molar-refractivity contribution is 5.80. The number of aliphatic imine (C=N–C) groups is 1. The molecule has 1 aromatic heterocycles. The molecule has 3 atom stereocenters. The van der Waals surface area contributed by atoms with Gasteiger partial charge in [0.2, 0.25) is 0 Å². The van der Waals surface area contributed by atoms with E-state index < -0.39 is 0 Å². The monoisotopic (exact) mass is 376 g/mol. The Kier molecular flexibility index (Phi) is 5.52. The zero-order valence-corrected chi connectivity index (χ0v) is 18.0. The van der Waals surface area contributed by atoms with Gasteiger partial charge in [0.15, 0.2) is 5.96 Å². The SMILES string of the molecule is CCN=C(NC1CCc2nnc(C(C)C)n2C1)NC1CC(C)(OC)C1(C)C. The lowest BCUT2D eigenvalue weighted by atomic mass is 9.56. The predicted molar refractivity (Wildman–Crippen MR) is 108 cm³/mol. The van der Waals surface area contributed by atoms with Gasteiger partial charge >= 0.3 is 0 Å². The van der Waals surface area contributed by atoms with Crippen LogP contribution in [0.3, 0.4) is 0 Å². The van der Waals surface area contributed by atoms with E-state index in [1.807, 2.05) is 7.11 Å². The number of nitrogens with one attached hydrogen (secondary N) is 2. The van der Waals surface area contributed by atoms with Crippen molar-refractivity contribution in [2.75, 3.05) is 13.7 Å². The maximum absolute atomic E-state index is 5.76. The first-order valence-electron chi connectivity index (χ1n) is 10.3. The van der Waals surface area contributed by atoms with E-state index in [9.17, 15) is 0 Å². The van der Waals surface area contributed by atoms with Crippen LogP contribution in [0.25, 0.3) is 0 Å². The summed E-state index contributed by atoms with van der Waals surface area (Å²) < 4.78 is 8.04. The number of aromatic nitrogens is 3. The van der Waals surface area contributed by atoms with E-state index in [-0.39, 0.29) is 11.0 Å². The third kappa shape index (κ3) is 3.58. The van der Waals surface area contributed by atoms with Crippen LogP contribution in [-0.2, 0) is 17.7 Å². The Labute approximate surface area is 163 Å². The number of fused-ring (bicyclic) bond motifs is 1. The molecule has 1 fully saturated rings. The second-order valence-electron chi connectivity index (χ2n) is 9.00. The molecule has 3 rings (SSSR count). The molecule has 1 aliphatic heterocycles. The summed E-state index contributed by atoms with van der Waals surface area (Å²) in [7, 11) is 1.81. The molecule has 1 saturated carbocycles. The van der Waals surface area contributed by atoms with Gasteiger partial charge in [-0.2, -0.15) is 0 Å². The summed E-state index contributed by atoms with van der Waals surface area (Å²) in [5.74, 6) is 3.47. The maximum atomic E-state index is 5.76. The highest BCUT2D eigenvalue weighted by Crippen LogP contribution is 2.51. The number of guanidine groups is 1. The molecule has 0 spiro atoms. The minimum atomic E-state index is -0.0869. The standard InChI is InChI=1S/C20H36N6O/c1-8-21-18(23-15-11-20(6,27-7)19(15,4)5)22-14-9-10-16-24-25-17(13(2)3)26(16)12-14/h13-15H,8-12H2,1-7H3,(H2,21,22,23). The molecule has 0 amide bonds. The Morgan fingerprint density at radius 1 is 1.30 bits per heavy atom. The molecular weight excluding hydrogens is 340 g/mol. The summed E-state index contributed by atoms with van der Waals surface area (Å²) in [6.07, 6.45) is 2.98. The summed E-state index contributed by atoms with van der Waals surface area (Å²) in [6.45, 7) is 14.8. The first kappa shape index (κ1) is 20.1. The third-order valence-corrected chi connectivity index (χ3v) is 6.74. The van der Waals surface area contributed by atoms with Gasteiger partial charge in [0.1, 0.15) is 11.6 Å². The van der Waals surface area contributed by atoms with E-state index in [1.165, 1.54) is 0 Å². The van der Waals surface area contributed by atoms with Crippen LogP contribution in [0.2, 0.25) is 0 Å². The zero-order valence-electron chi connectivity index (χ0n) is 18.0. The van der Waals surface area contributed by atoms with Crippen molar-refractivity contribution in [3.63, 3.8) is 0 Å². The summed E-state index contributed by atoms with van der Waals surface area (Å²) in [5, 5.41) is 16.1. The molecule has 0 aromatic carbocycles. The fourth-order valence-electron chi connectivity index (χ4n) is 4.27. The minimum absolute atomic E-state index is 0.0523. The van der Waals surface area contributed by atoms with Gasteiger partial charge in [0, 0.05) is 50.0 Å². The molecule has 0 saturated heterocycles. The molecule has 1 aromatic rings. The second kappa shape index (κ2) is 7.41. The Hall–Kier alpha value is -1.63. The van der Waals surface area contributed by atoms with Crippen molar-refractivity contribution in [1.82, 2.24) is 25.4 Å². The van der Waals surface area contributed by atoms with E-state index >= 15 is 0 Å². The van der Waals surface area contributed by atoms with Crippen LogP contribution < -0.4 is 10.6 Å². The summed E-state index contributed by atoms with van der Waals surface area (Å²) in [6, 6.07) is 0.682. The van der Waals surface area contributed by atoms with Crippen molar-refractivity contribution in [2.24, 2.45) is 10.4 Å². The quantitative estimate of drug-likeness (QED) is 0.610. The van der Waals surface area contributed by atoms with E-state index in [4.69, 9.17) is 9.73 Å². The summed E-state index contributed by atoms with van der Waals surface area (Å²) >= 11 is 0. The molecule has 2 heterocycles. The zero-order chi connectivity index (χ0) is 19.8. The molecule has 152 valence electrons. The highest BCUT2D eigenvalue weighted by atomic mass is 16.5. The molecule has 7 heteroatoms. The Morgan fingerprint density at radius 2 is 2.04 bits per heavy atom. The lowest BCUT2D eigenvalue weighted by Crippen LogP contribution is -2.70. The van der Waals surface area contributed by atoms with Crippen molar-refractivity contribution in [3.05, 3.63) is 11.6 Å². The van der Waals surface area contributed by atoms with E-state index in [0.717, 1.165) is 50.0 Å². The largest absolute Gasteiger partial charge is 0.378 e. The average molecular weight is 377 g/mol. The van der Waals surface area contributed by atoms with E-state index in [0.29, 0.717) is 18.0 Å². The lowest BCUT2D eigenvalue weighted by molar-refractivity contribution is -0.176. The third-order valence-electron chi connectivity index (χ3n) is 6.74. The summed E-state index contributed by atoms with van der Waals surface area (Å²) in [4.78, 5) is 4.69. The average Bonchev–Trinajstić information content (AvgIpc) is 3.04. The number of rotatable bonds is 5. The van der Waals surface area contributed by atoms with Gasteiger partial charge in [0.25, 0.3) is 0 Å². The van der Waals surface area contributed by atoms with Gasteiger partial charge in [0.05, 0.1) is 5.60 Å². The molecule has 27 heavy (non-hydrogen) atoms. The highest BCUT2D eigenvalue weighted by Gasteiger charge is 2.58. The van der Waals surface area contributed by atoms with Crippen LogP contribution in [0, 0.1) is 5.41 Å². The number of methoxy groups -OCH3 is 1. The molecule has 1 aliphatic carbocycles. The molecule has 2 aliphatic rings. The Morgan fingerprint density at radius 3 is 2.63 bits per heavy atom. The molecular formula is C20H36N6O. The van der Waals surface area contributed by atoms with Crippen molar-refractivity contribution in [3.8, 4) is 0 Å². The van der Waals surface area contributed by atoms with Crippen molar-refractivity contribution >= 4 is 5.96 Å². The number of hydrogen-bond acceptors (Lipinski definition) is 4. The Balaban J connectivity index is 1.66. The van der Waals surface area contributed by atoms with Gasteiger partial charge in [-0.15, -0.1) is 10.2 Å². The second-order valence-corrected chi connectivity index (χ2v) is 9.00. The van der Waals surface area contributed by atoms with Gasteiger partial charge in [-0.3, -0.25) is 4.99 Å². The number of nitrogens with zero attached hydrogens (tertiary/aromatic N) is 4. The lowest BCUT2D eigenvalue weighted by Gasteiger charge is -2.59. The summed E-state index contributed by atoms with van der Waals surface area (Å²) in [5.41, 5.74) is -0.0346. The van der Waals surface area contributed by atoms with Gasteiger partial charge < -0.3 is 19.9 Å². The van der Waals surface area contributed by atoms with Crippen molar-refractivity contribution in [1.29, 1.82) is 0 Å². The van der Waals surface area contributed by atoms with E-state index in [1.54, 1.807) is 0 Å². The first-order valence-corrected chi connectivity index (χ1v) is 10.3. The first-order chi connectivity index (χ1) is 12.7. The van der Waals surface area contributed by atoms with Gasteiger partial charge in [-0.05, 0) is 26.7 Å². The number of hydrogen-bond donors (Lipinski definition) is 2. The minimum Gasteiger partial charge on any atom is -0.378 e. The van der Waals surface area contributed by atoms with Gasteiger partial charge in [-0.1, -0.05) is 27.7 Å². The molecule has 7 nitrogen and oxygen atoms in total. The molecule has 0 radical (unpaired) electrons. The molecule has 0 bridgehead atoms. The maximum Gasteiger partial charge on any atom is 0.191 e. The van der Waals surface area contributed by atoms with E-state index in [2.05, 4.69) is 66.9 Å². The van der Waals surface area contributed by atoms with Gasteiger partial charge in [-0.25, -0.2) is 0 Å². The fourth-order valence-corrected chi connectivity index (χ4v) is 4.27. The molecule has 3 unspecified atom stereocenters. The van der Waals surface area contributed by atoms with Crippen molar-refractivity contribution in [2.45, 2.75) is 91.0 Å². The number of ether oxygens (including phenoxy) is 1. The van der Waals surface area contributed by atoms with Crippen LogP contribution in [0.1, 0.15) is 72.0 Å². The topological polar surface area (TPSA) is 76.4 Å².